The highest BCUT2D eigenvalue weighted by Crippen LogP contribution is 2.47. The molecular formula is C31H22I2O5. The Bertz CT molecular complexity index is 1540. The van der Waals surface area contributed by atoms with Crippen LogP contribution in [0.4, 0.5) is 0 Å². The topological polar surface area (TPSA) is 101 Å². The van der Waals surface area contributed by atoms with Gasteiger partial charge in [-0.15, -0.1) is 0 Å². The molecule has 0 unspecified atom stereocenters. The van der Waals surface area contributed by atoms with Crippen molar-refractivity contribution in [3.05, 3.63) is 121 Å². The lowest BCUT2D eigenvalue weighted by atomic mass is 9.81. The zero-order valence-corrected chi connectivity index (χ0v) is 24.1. The monoisotopic (exact) mass is 728 g/mol. The maximum atomic E-state index is 11.2. The van der Waals surface area contributed by atoms with Crippen molar-refractivity contribution in [1.82, 2.24) is 0 Å². The molecule has 5 nitrogen and oxygen atoms in total. The van der Waals surface area contributed by atoms with E-state index in [0.29, 0.717) is 20.3 Å². The summed E-state index contributed by atoms with van der Waals surface area (Å²) in [4.78, 5) is 0. The third-order valence-electron chi connectivity index (χ3n) is 6.45. The summed E-state index contributed by atoms with van der Waals surface area (Å²) in [6.07, 6.45) is 0. The molecule has 0 atom stereocenters. The Kier molecular flexibility index (Phi) is 7.40. The number of aromatic hydroxyl groups is 5. The van der Waals surface area contributed by atoms with Crippen molar-refractivity contribution in [2.24, 2.45) is 0 Å². The molecule has 38 heavy (non-hydrogen) atoms. The predicted molar refractivity (Wildman–Crippen MR) is 165 cm³/mol. The lowest BCUT2D eigenvalue weighted by Crippen LogP contribution is -2.07. The van der Waals surface area contributed by atoms with Crippen molar-refractivity contribution in [1.29, 1.82) is 0 Å². The fourth-order valence-electron chi connectivity index (χ4n) is 4.55. The first-order chi connectivity index (χ1) is 18.2. The summed E-state index contributed by atoms with van der Waals surface area (Å²) in [5, 5.41) is 52.9. The van der Waals surface area contributed by atoms with Crippen LogP contribution < -0.4 is 0 Å². The summed E-state index contributed by atoms with van der Waals surface area (Å²) in [6.45, 7) is 0. The molecular weight excluding hydrogens is 706 g/mol. The van der Waals surface area contributed by atoms with Crippen LogP contribution in [0.2, 0.25) is 0 Å². The minimum Gasteiger partial charge on any atom is -0.508 e. The zero-order chi connectivity index (χ0) is 27.0. The van der Waals surface area contributed by atoms with Crippen molar-refractivity contribution >= 4 is 45.2 Å². The quantitative estimate of drug-likeness (QED) is 0.0936. The largest absolute Gasteiger partial charge is 0.508 e. The lowest BCUT2D eigenvalue weighted by Gasteiger charge is -2.24. The minimum atomic E-state index is -0.715. The molecule has 0 amide bonds. The van der Waals surface area contributed by atoms with E-state index in [2.05, 4.69) is 45.2 Å². The van der Waals surface area contributed by atoms with E-state index in [1.165, 1.54) is 0 Å². The Labute approximate surface area is 247 Å². The van der Waals surface area contributed by atoms with E-state index >= 15 is 0 Å². The molecule has 0 saturated heterocycles. The van der Waals surface area contributed by atoms with Crippen molar-refractivity contribution in [3.8, 4) is 51.0 Å². The second-order valence-electron chi connectivity index (χ2n) is 8.90. The van der Waals surface area contributed by atoms with Crippen molar-refractivity contribution in [3.63, 3.8) is 0 Å². The number of phenolic OH excluding ortho intramolecular Hbond substituents is 5. The highest BCUT2D eigenvalue weighted by Gasteiger charge is 2.28. The lowest BCUT2D eigenvalue weighted by molar-refractivity contribution is 0.449. The van der Waals surface area contributed by atoms with Gasteiger partial charge in [-0.05, 0) is 128 Å². The van der Waals surface area contributed by atoms with Gasteiger partial charge in [-0.1, -0.05) is 36.4 Å². The number of hydrogen-bond acceptors (Lipinski definition) is 5. The molecule has 0 saturated carbocycles. The molecule has 5 aromatic carbocycles. The van der Waals surface area contributed by atoms with Crippen LogP contribution in [0, 0.1) is 7.14 Å². The molecule has 5 N–H and O–H groups in total. The second-order valence-corrected chi connectivity index (χ2v) is 11.3. The first kappa shape index (κ1) is 26.2. The van der Waals surface area contributed by atoms with E-state index in [9.17, 15) is 25.5 Å². The smallest absolute Gasteiger partial charge is 0.133 e. The van der Waals surface area contributed by atoms with Gasteiger partial charge in [-0.3, -0.25) is 0 Å². The molecule has 5 aromatic rings. The molecule has 7 heteroatoms. The Morgan fingerprint density at radius 3 is 1.32 bits per heavy atom. The van der Waals surface area contributed by atoms with Crippen LogP contribution in [0.3, 0.4) is 0 Å². The third-order valence-corrected chi connectivity index (χ3v) is 7.89. The van der Waals surface area contributed by atoms with Crippen LogP contribution in [-0.2, 0) is 0 Å². The number of hydrogen-bond donors (Lipinski definition) is 5. The maximum absolute atomic E-state index is 11.2. The van der Waals surface area contributed by atoms with Gasteiger partial charge in [-0.25, -0.2) is 0 Å². The van der Waals surface area contributed by atoms with E-state index in [0.717, 1.165) is 25.8 Å². The SMILES string of the molecule is Oc1ccc(-c2ccc(O)c(C(c3cc(-c4ccc(O)cc4)ccc3O)c3cc(I)cc(I)c3O)c2)cc1. The summed E-state index contributed by atoms with van der Waals surface area (Å²) in [5.74, 6) is -0.312. The molecule has 0 aromatic heterocycles. The third kappa shape index (κ3) is 5.25. The van der Waals surface area contributed by atoms with Crippen LogP contribution in [0.1, 0.15) is 22.6 Å². The number of halogens is 2. The van der Waals surface area contributed by atoms with Gasteiger partial charge in [0.25, 0.3) is 0 Å². The first-order valence-corrected chi connectivity index (χ1v) is 13.8. The first-order valence-electron chi connectivity index (χ1n) is 11.6. The van der Waals surface area contributed by atoms with Crippen molar-refractivity contribution in [2.75, 3.05) is 0 Å². The van der Waals surface area contributed by atoms with Gasteiger partial charge in [0.2, 0.25) is 0 Å². The minimum absolute atomic E-state index is 0.0141. The fourth-order valence-corrected chi connectivity index (χ4v) is 6.44. The zero-order valence-electron chi connectivity index (χ0n) is 19.8. The number of phenols is 5. The van der Waals surface area contributed by atoms with Gasteiger partial charge in [0.05, 0.1) is 3.57 Å². The second kappa shape index (κ2) is 10.7. The molecule has 0 spiro atoms. The van der Waals surface area contributed by atoms with E-state index in [1.54, 1.807) is 72.8 Å². The van der Waals surface area contributed by atoms with Crippen LogP contribution in [0.5, 0.6) is 28.7 Å². The summed E-state index contributed by atoms with van der Waals surface area (Å²) < 4.78 is 1.55. The highest BCUT2D eigenvalue weighted by atomic mass is 127. The van der Waals surface area contributed by atoms with Crippen LogP contribution >= 0.6 is 45.2 Å². The Hall–Kier alpha value is -3.44. The summed E-state index contributed by atoms with van der Waals surface area (Å²) >= 11 is 4.26. The maximum Gasteiger partial charge on any atom is 0.133 e. The molecule has 5 rings (SSSR count). The van der Waals surface area contributed by atoms with Crippen molar-refractivity contribution in [2.45, 2.75) is 5.92 Å². The van der Waals surface area contributed by atoms with Crippen LogP contribution in [-0.4, -0.2) is 25.5 Å². The molecule has 0 fully saturated rings. The average molecular weight is 728 g/mol. The number of rotatable bonds is 5. The van der Waals surface area contributed by atoms with Gasteiger partial charge in [-0.2, -0.15) is 0 Å². The molecule has 0 aliphatic rings. The average Bonchev–Trinajstić information content (AvgIpc) is 2.90. The van der Waals surface area contributed by atoms with Crippen molar-refractivity contribution < 1.29 is 25.5 Å². The standard InChI is InChI=1S/C31H22I2O5/c32-21-15-26(31(38)27(33)16-21)30(24-13-19(5-11-28(24)36)17-1-7-22(34)8-2-17)25-14-20(6-12-29(25)37)18-3-9-23(35)10-4-18/h1-16,30,34-38H. The van der Waals surface area contributed by atoms with Gasteiger partial charge in [0.1, 0.15) is 28.7 Å². The fraction of sp³-hybridized carbons (Fsp3) is 0.0323. The summed E-state index contributed by atoms with van der Waals surface area (Å²) in [5.41, 5.74) is 4.83. The van der Waals surface area contributed by atoms with Crippen LogP contribution in [0.15, 0.2) is 97.1 Å². The van der Waals surface area contributed by atoms with E-state index < -0.39 is 5.92 Å². The highest BCUT2D eigenvalue weighted by molar-refractivity contribution is 14.1. The number of benzene rings is 5. The molecule has 190 valence electrons. The predicted octanol–water partition coefficient (Wildman–Crippen LogP) is 7.94. The van der Waals surface area contributed by atoms with E-state index in [4.69, 9.17) is 0 Å². The van der Waals surface area contributed by atoms with E-state index in [-0.39, 0.29) is 28.7 Å². The summed E-state index contributed by atoms with van der Waals surface area (Å²) in [6, 6.07) is 27.7. The van der Waals surface area contributed by atoms with Gasteiger partial charge >= 0.3 is 0 Å². The molecule has 0 bridgehead atoms. The van der Waals surface area contributed by atoms with E-state index in [1.807, 2.05) is 24.3 Å². The Morgan fingerprint density at radius 1 is 0.447 bits per heavy atom. The molecule has 0 aliphatic heterocycles. The molecule has 0 aliphatic carbocycles. The summed E-state index contributed by atoms with van der Waals surface area (Å²) in [7, 11) is 0. The molecule has 0 heterocycles. The van der Waals surface area contributed by atoms with Gasteiger partial charge in [0.15, 0.2) is 0 Å². The van der Waals surface area contributed by atoms with Gasteiger partial charge < -0.3 is 25.5 Å². The normalized spacial score (nSPS) is 11.1. The Morgan fingerprint density at radius 2 is 0.868 bits per heavy atom. The van der Waals surface area contributed by atoms with Gasteiger partial charge in [0, 0.05) is 26.2 Å². The molecule has 0 radical (unpaired) electrons. The van der Waals surface area contributed by atoms with Crippen LogP contribution in [0.25, 0.3) is 22.3 Å². The Balaban J connectivity index is 1.77.